The molecule has 1 rings (SSSR count). The van der Waals surface area contributed by atoms with Gasteiger partial charge in [0.05, 0.1) is 5.56 Å². The quantitative estimate of drug-likeness (QED) is 0.617. The molecule has 0 aromatic heterocycles. The van der Waals surface area contributed by atoms with Gasteiger partial charge < -0.3 is 0 Å². The minimum absolute atomic E-state index is 0.235. The number of benzene rings is 1. The average molecular weight is 272 g/mol. The Balaban J connectivity index is 0. The highest BCUT2D eigenvalue weighted by Crippen LogP contribution is 2.32. The Bertz CT molecular complexity index is 349. The van der Waals surface area contributed by atoms with Crippen molar-refractivity contribution in [2.45, 2.75) is 46.7 Å². The summed E-state index contributed by atoms with van der Waals surface area (Å²) in [5.41, 5.74) is -0.122. The van der Waals surface area contributed by atoms with Crippen LogP contribution in [-0.2, 0) is 12.6 Å². The van der Waals surface area contributed by atoms with E-state index in [-0.39, 0.29) is 5.92 Å². The van der Waals surface area contributed by atoms with Gasteiger partial charge in [-0.25, -0.2) is 0 Å². The Morgan fingerprint density at radius 1 is 1.05 bits per heavy atom. The van der Waals surface area contributed by atoms with E-state index in [1.165, 1.54) is 12.5 Å². The first-order chi connectivity index (χ1) is 8.82. The van der Waals surface area contributed by atoms with Crippen molar-refractivity contribution in [3.05, 3.63) is 35.4 Å². The molecule has 0 radical (unpaired) electrons. The van der Waals surface area contributed by atoms with Crippen molar-refractivity contribution in [2.75, 3.05) is 0 Å². The van der Waals surface area contributed by atoms with E-state index >= 15 is 0 Å². The monoisotopic (exact) mass is 272 g/mol. The lowest BCUT2D eigenvalue weighted by atomic mass is 9.98. The zero-order chi connectivity index (χ0) is 15.5. The second-order valence-electron chi connectivity index (χ2n) is 4.46. The molecule has 0 aliphatic heterocycles. The van der Waals surface area contributed by atoms with Gasteiger partial charge in [0, 0.05) is 0 Å². The van der Waals surface area contributed by atoms with Gasteiger partial charge in [-0.2, -0.15) is 13.2 Å². The summed E-state index contributed by atoms with van der Waals surface area (Å²) in [5, 5.41) is 0. The Morgan fingerprint density at radius 3 is 1.84 bits per heavy atom. The minimum atomic E-state index is -4.23. The maximum atomic E-state index is 12.5. The van der Waals surface area contributed by atoms with Crippen molar-refractivity contribution in [1.82, 2.24) is 0 Å². The second kappa shape index (κ2) is 10.5. The molecule has 0 unspecified atom stereocenters. The molecule has 0 bridgehead atoms. The molecule has 1 aromatic carbocycles. The number of halogens is 3. The van der Waals surface area contributed by atoms with Crippen LogP contribution in [0, 0.1) is 18.8 Å². The minimum Gasteiger partial charge on any atom is -0.166 e. The van der Waals surface area contributed by atoms with E-state index in [0.717, 1.165) is 6.07 Å². The highest BCUT2D eigenvalue weighted by molar-refractivity contribution is 5.29. The molecule has 0 saturated carbocycles. The fraction of sp³-hybridized carbons (Fsp3) is 0.500. The summed E-state index contributed by atoms with van der Waals surface area (Å²) in [6.45, 7) is 8.07. The van der Waals surface area contributed by atoms with Crippen molar-refractivity contribution in [3.8, 4) is 12.8 Å². The first kappa shape index (κ1) is 19.9. The first-order valence-electron chi connectivity index (χ1n) is 6.31. The molecular formula is C16H23F3. The van der Waals surface area contributed by atoms with Crippen molar-refractivity contribution in [2.24, 2.45) is 5.92 Å². The molecule has 0 atom stereocenters. The SMILES string of the molecule is C#C.CC(C)Cc1ccccc1C(F)(F)F.CCC. The van der Waals surface area contributed by atoms with Gasteiger partial charge >= 0.3 is 6.18 Å². The maximum absolute atomic E-state index is 12.5. The van der Waals surface area contributed by atoms with Crippen LogP contribution in [0.5, 0.6) is 0 Å². The maximum Gasteiger partial charge on any atom is 0.416 e. The molecule has 108 valence electrons. The van der Waals surface area contributed by atoms with Crippen LogP contribution in [0.25, 0.3) is 0 Å². The number of terminal acetylenes is 1. The third-order valence-corrected chi connectivity index (χ3v) is 1.95. The largest absolute Gasteiger partial charge is 0.416 e. The van der Waals surface area contributed by atoms with Gasteiger partial charge in [0.25, 0.3) is 0 Å². The molecule has 19 heavy (non-hydrogen) atoms. The molecule has 0 amide bonds. The first-order valence-corrected chi connectivity index (χ1v) is 6.31. The smallest absolute Gasteiger partial charge is 0.166 e. The molecule has 0 nitrogen and oxygen atoms in total. The molecule has 0 spiro atoms. The molecule has 3 heteroatoms. The Hall–Kier alpha value is -1.43. The lowest BCUT2D eigenvalue weighted by Gasteiger charge is -2.13. The van der Waals surface area contributed by atoms with Crippen molar-refractivity contribution < 1.29 is 13.2 Å². The average Bonchev–Trinajstić information content (AvgIpc) is 2.31. The van der Waals surface area contributed by atoms with Crippen molar-refractivity contribution in [3.63, 3.8) is 0 Å². The van der Waals surface area contributed by atoms with Gasteiger partial charge in [0.2, 0.25) is 0 Å². The van der Waals surface area contributed by atoms with Gasteiger partial charge in [0.15, 0.2) is 0 Å². The summed E-state index contributed by atoms with van der Waals surface area (Å²) in [6, 6.07) is 5.75. The topological polar surface area (TPSA) is 0 Å². The number of hydrogen-bond acceptors (Lipinski definition) is 0. The fourth-order valence-electron chi connectivity index (χ4n) is 1.41. The molecule has 0 N–H and O–H groups in total. The Labute approximate surface area is 115 Å². The van der Waals surface area contributed by atoms with Crippen LogP contribution in [0.3, 0.4) is 0 Å². The molecule has 1 aromatic rings. The number of alkyl halides is 3. The van der Waals surface area contributed by atoms with Gasteiger partial charge in [-0.05, 0) is 24.0 Å². The van der Waals surface area contributed by atoms with E-state index in [1.807, 2.05) is 13.8 Å². The van der Waals surface area contributed by atoms with Gasteiger partial charge in [-0.15, -0.1) is 12.8 Å². The fourth-order valence-corrected chi connectivity index (χ4v) is 1.41. The Morgan fingerprint density at radius 2 is 1.47 bits per heavy atom. The van der Waals surface area contributed by atoms with Crippen LogP contribution < -0.4 is 0 Å². The van der Waals surface area contributed by atoms with Crippen molar-refractivity contribution >= 4 is 0 Å². The number of rotatable bonds is 2. The van der Waals surface area contributed by atoms with E-state index in [9.17, 15) is 13.2 Å². The molecule has 0 saturated heterocycles. The molecular weight excluding hydrogens is 249 g/mol. The van der Waals surface area contributed by atoms with Gasteiger partial charge in [-0.3, -0.25) is 0 Å². The molecule has 0 aliphatic rings. The van der Waals surface area contributed by atoms with E-state index in [2.05, 4.69) is 26.7 Å². The van der Waals surface area contributed by atoms with Crippen molar-refractivity contribution in [1.29, 1.82) is 0 Å². The third kappa shape index (κ3) is 9.18. The molecule has 0 fully saturated rings. The van der Waals surface area contributed by atoms with E-state index in [0.29, 0.717) is 12.0 Å². The summed E-state index contributed by atoms with van der Waals surface area (Å²) in [4.78, 5) is 0. The molecule has 0 heterocycles. The highest BCUT2D eigenvalue weighted by Gasteiger charge is 2.32. The van der Waals surface area contributed by atoms with Crippen LogP contribution in [0.2, 0.25) is 0 Å². The standard InChI is InChI=1S/C11H13F3.C3H8.C2H2/c1-8(2)7-9-5-3-4-6-10(9)11(12,13)14;1-3-2;1-2/h3-6,8H,7H2,1-2H3;3H2,1-2H3;1-2H. The van der Waals surface area contributed by atoms with Crippen LogP contribution >= 0.6 is 0 Å². The zero-order valence-corrected chi connectivity index (χ0v) is 12.1. The van der Waals surface area contributed by atoms with Crippen LogP contribution in [0.4, 0.5) is 13.2 Å². The number of hydrogen-bond donors (Lipinski definition) is 0. The summed E-state index contributed by atoms with van der Waals surface area (Å²) in [5.74, 6) is 0.235. The Kier molecular flexibility index (Phi) is 11.0. The van der Waals surface area contributed by atoms with Crippen LogP contribution in [0.1, 0.15) is 45.2 Å². The zero-order valence-electron chi connectivity index (χ0n) is 12.1. The normalized spacial score (nSPS) is 10.0. The third-order valence-electron chi connectivity index (χ3n) is 1.95. The van der Waals surface area contributed by atoms with E-state index < -0.39 is 11.7 Å². The lowest BCUT2D eigenvalue weighted by molar-refractivity contribution is -0.138. The van der Waals surface area contributed by atoms with E-state index in [1.54, 1.807) is 12.1 Å². The van der Waals surface area contributed by atoms with Gasteiger partial charge in [-0.1, -0.05) is 52.3 Å². The van der Waals surface area contributed by atoms with Gasteiger partial charge in [0.1, 0.15) is 0 Å². The second-order valence-corrected chi connectivity index (χ2v) is 4.46. The summed E-state index contributed by atoms with van der Waals surface area (Å²) < 4.78 is 37.5. The predicted molar refractivity (Wildman–Crippen MR) is 75.8 cm³/mol. The molecule has 0 aliphatic carbocycles. The highest BCUT2D eigenvalue weighted by atomic mass is 19.4. The van der Waals surface area contributed by atoms with E-state index in [4.69, 9.17) is 0 Å². The predicted octanol–water partition coefficient (Wildman–Crippen LogP) is 5.57. The lowest BCUT2D eigenvalue weighted by Crippen LogP contribution is -2.10. The van der Waals surface area contributed by atoms with Crippen LogP contribution in [0.15, 0.2) is 24.3 Å². The summed E-state index contributed by atoms with van der Waals surface area (Å²) in [7, 11) is 0. The summed E-state index contributed by atoms with van der Waals surface area (Å²) >= 11 is 0. The van der Waals surface area contributed by atoms with Crippen LogP contribution in [-0.4, -0.2) is 0 Å². The summed E-state index contributed by atoms with van der Waals surface area (Å²) in [6.07, 6.45) is 5.49.